The molecule has 12 heavy (non-hydrogen) atoms. The molecule has 0 aromatic carbocycles. The van der Waals surface area contributed by atoms with Crippen LogP contribution in [0.3, 0.4) is 0 Å². The molecule has 0 saturated heterocycles. The second-order valence-electron chi connectivity index (χ2n) is 2.29. The lowest BCUT2D eigenvalue weighted by atomic mass is 10.2. The van der Waals surface area contributed by atoms with Gasteiger partial charge in [-0.1, -0.05) is 6.07 Å². The maximum absolute atomic E-state index is 10.4. The summed E-state index contributed by atoms with van der Waals surface area (Å²) in [5, 5.41) is 0. The van der Waals surface area contributed by atoms with Crippen LogP contribution in [0, 0.1) is 0 Å². The fraction of sp³-hybridized carbons (Fsp3) is 0.250. The van der Waals surface area contributed by atoms with E-state index < -0.39 is 0 Å². The van der Waals surface area contributed by atoms with Crippen LogP contribution in [-0.4, -0.2) is 10.9 Å². The van der Waals surface area contributed by atoms with Crippen molar-refractivity contribution in [1.82, 2.24) is 4.98 Å². The van der Waals surface area contributed by atoms with E-state index in [1.165, 1.54) is 0 Å². The minimum atomic E-state index is -0.282. The number of primary amides is 1. The maximum atomic E-state index is 10.4. The number of amides is 1. The highest BCUT2D eigenvalue weighted by Gasteiger charge is 1.96. The Morgan fingerprint density at radius 3 is 2.75 bits per heavy atom. The van der Waals surface area contributed by atoms with E-state index in [4.69, 9.17) is 5.73 Å². The van der Waals surface area contributed by atoms with Gasteiger partial charge in [0.15, 0.2) is 0 Å². The van der Waals surface area contributed by atoms with Gasteiger partial charge in [0.2, 0.25) is 5.91 Å². The smallest absolute Gasteiger partial charge is 0.217 e. The van der Waals surface area contributed by atoms with Gasteiger partial charge in [0, 0.05) is 18.3 Å². The molecule has 0 aliphatic rings. The second kappa shape index (κ2) is 5.55. The maximum Gasteiger partial charge on any atom is 0.217 e. The fourth-order valence-corrected chi connectivity index (χ4v) is 0.797. The predicted molar refractivity (Wildman–Crippen MR) is 49.0 cm³/mol. The predicted octanol–water partition coefficient (Wildman–Crippen LogP) is 0.921. The number of aryl methyl sites for hydroxylation is 1. The molecule has 0 bridgehead atoms. The van der Waals surface area contributed by atoms with Crippen molar-refractivity contribution in [2.45, 2.75) is 12.8 Å². The van der Waals surface area contributed by atoms with E-state index in [9.17, 15) is 4.79 Å². The van der Waals surface area contributed by atoms with Crippen molar-refractivity contribution in [2.24, 2.45) is 5.73 Å². The molecule has 2 N–H and O–H groups in total. The number of carbonyl (C=O) groups excluding carboxylic acids is 1. The molecule has 0 spiro atoms. The zero-order chi connectivity index (χ0) is 8.10. The van der Waals surface area contributed by atoms with Gasteiger partial charge in [-0.3, -0.25) is 9.78 Å². The van der Waals surface area contributed by atoms with Crippen molar-refractivity contribution in [3.63, 3.8) is 0 Å². The highest BCUT2D eigenvalue weighted by atomic mass is 35.5. The summed E-state index contributed by atoms with van der Waals surface area (Å²) >= 11 is 0. The number of hydrogen-bond acceptors (Lipinski definition) is 2. The normalized spacial score (nSPS) is 8.67. The molecular weight excluding hydrogens is 176 g/mol. The summed E-state index contributed by atoms with van der Waals surface area (Å²) in [6.45, 7) is 0. The number of pyridine rings is 1. The summed E-state index contributed by atoms with van der Waals surface area (Å²) in [5.74, 6) is -0.282. The van der Waals surface area contributed by atoms with Gasteiger partial charge in [-0.15, -0.1) is 12.4 Å². The molecule has 0 fully saturated rings. The van der Waals surface area contributed by atoms with E-state index in [-0.39, 0.29) is 18.3 Å². The van der Waals surface area contributed by atoms with Crippen molar-refractivity contribution >= 4 is 18.3 Å². The monoisotopic (exact) mass is 186 g/mol. The first kappa shape index (κ1) is 10.9. The molecule has 0 unspecified atom stereocenters. The first-order chi connectivity index (χ1) is 5.29. The summed E-state index contributed by atoms with van der Waals surface area (Å²) in [5.41, 5.74) is 5.88. The molecular formula is C8H11ClN2O. The quantitative estimate of drug-likeness (QED) is 0.764. The molecule has 0 atom stereocenters. The Labute approximate surface area is 77.4 Å². The molecule has 1 aromatic heterocycles. The van der Waals surface area contributed by atoms with Crippen LogP contribution in [0.4, 0.5) is 0 Å². The summed E-state index contributed by atoms with van der Waals surface area (Å²) in [6, 6.07) is 5.61. The molecule has 1 heterocycles. The minimum absolute atomic E-state index is 0. The average Bonchev–Trinajstić information content (AvgIpc) is 2.03. The van der Waals surface area contributed by atoms with E-state index in [1.54, 1.807) is 6.20 Å². The molecule has 0 saturated carbocycles. The van der Waals surface area contributed by atoms with Crippen LogP contribution in [-0.2, 0) is 11.2 Å². The first-order valence-corrected chi connectivity index (χ1v) is 3.47. The van der Waals surface area contributed by atoms with Crippen LogP contribution in [0.1, 0.15) is 12.1 Å². The zero-order valence-corrected chi connectivity index (χ0v) is 7.38. The third kappa shape index (κ3) is 3.93. The summed E-state index contributed by atoms with van der Waals surface area (Å²) < 4.78 is 0. The van der Waals surface area contributed by atoms with Crippen LogP contribution in [0.25, 0.3) is 0 Å². The molecule has 66 valence electrons. The number of rotatable bonds is 3. The third-order valence-electron chi connectivity index (χ3n) is 1.35. The topological polar surface area (TPSA) is 56.0 Å². The van der Waals surface area contributed by atoms with Crippen LogP contribution in [0.15, 0.2) is 24.4 Å². The minimum Gasteiger partial charge on any atom is -0.370 e. The lowest BCUT2D eigenvalue weighted by molar-refractivity contribution is -0.118. The highest BCUT2D eigenvalue weighted by Crippen LogP contribution is 1.96. The Bertz CT molecular complexity index is 238. The van der Waals surface area contributed by atoms with Crippen LogP contribution in [0.5, 0.6) is 0 Å². The molecule has 3 nitrogen and oxygen atoms in total. The Balaban J connectivity index is 0.00000121. The largest absolute Gasteiger partial charge is 0.370 e. The van der Waals surface area contributed by atoms with Gasteiger partial charge in [0.1, 0.15) is 0 Å². The molecule has 0 aliphatic carbocycles. The van der Waals surface area contributed by atoms with E-state index in [0.717, 1.165) is 5.69 Å². The van der Waals surface area contributed by atoms with Gasteiger partial charge >= 0.3 is 0 Å². The van der Waals surface area contributed by atoms with Crippen molar-refractivity contribution in [3.8, 4) is 0 Å². The van der Waals surface area contributed by atoms with Crippen molar-refractivity contribution in [3.05, 3.63) is 30.1 Å². The second-order valence-corrected chi connectivity index (χ2v) is 2.29. The summed E-state index contributed by atoms with van der Waals surface area (Å²) in [6.07, 6.45) is 2.71. The fourth-order valence-electron chi connectivity index (χ4n) is 0.797. The molecule has 0 radical (unpaired) electrons. The van der Waals surface area contributed by atoms with E-state index >= 15 is 0 Å². The first-order valence-electron chi connectivity index (χ1n) is 3.47. The van der Waals surface area contributed by atoms with Crippen molar-refractivity contribution in [1.29, 1.82) is 0 Å². The zero-order valence-electron chi connectivity index (χ0n) is 6.56. The van der Waals surface area contributed by atoms with Gasteiger partial charge in [-0.25, -0.2) is 0 Å². The molecule has 0 aliphatic heterocycles. The lowest BCUT2D eigenvalue weighted by Crippen LogP contribution is -2.11. The van der Waals surface area contributed by atoms with Crippen LogP contribution in [0.2, 0.25) is 0 Å². The number of halogens is 1. The number of aromatic nitrogens is 1. The number of nitrogens with zero attached hydrogens (tertiary/aromatic N) is 1. The summed E-state index contributed by atoms with van der Waals surface area (Å²) in [7, 11) is 0. The standard InChI is InChI=1S/C8H10N2O.ClH/c9-8(11)5-4-7-3-1-2-6-10-7;/h1-3,6H,4-5H2,(H2,9,11);1H. The van der Waals surface area contributed by atoms with Crippen molar-refractivity contribution in [2.75, 3.05) is 0 Å². The van der Waals surface area contributed by atoms with Crippen LogP contribution >= 0.6 is 12.4 Å². The van der Waals surface area contributed by atoms with Crippen LogP contribution < -0.4 is 5.73 Å². The molecule has 1 amide bonds. The van der Waals surface area contributed by atoms with E-state index in [0.29, 0.717) is 12.8 Å². The molecule has 1 aromatic rings. The Morgan fingerprint density at radius 1 is 1.50 bits per heavy atom. The number of carbonyl (C=O) groups is 1. The average molecular weight is 187 g/mol. The van der Waals surface area contributed by atoms with Gasteiger partial charge in [0.25, 0.3) is 0 Å². The van der Waals surface area contributed by atoms with Gasteiger partial charge in [0.05, 0.1) is 0 Å². The Kier molecular flexibility index (Phi) is 5.04. The third-order valence-corrected chi connectivity index (χ3v) is 1.35. The Morgan fingerprint density at radius 2 is 2.25 bits per heavy atom. The molecule has 1 rings (SSSR count). The van der Waals surface area contributed by atoms with E-state index in [2.05, 4.69) is 4.98 Å². The SMILES string of the molecule is Cl.NC(=O)CCc1ccccn1. The highest BCUT2D eigenvalue weighted by molar-refractivity contribution is 5.85. The van der Waals surface area contributed by atoms with Gasteiger partial charge < -0.3 is 5.73 Å². The Hall–Kier alpha value is -1.09. The van der Waals surface area contributed by atoms with Gasteiger partial charge in [-0.2, -0.15) is 0 Å². The summed E-state index contributed by atoms with van der Waals surface area (Å²) in [4.78, 5) is 14.4. The molecule has 4 heteroatoms. The van der Waals surface area contributed by atoms with Gasteiger partial charge in [-0.05, 0) is 18.6 Å². The number of hydrogen-bond donors (Lipinski definition) is 1. The number of nitrogens with two attached hydrogens (primary N) is 1. The van der Waals surface area contributed by atoms with E-state index in [1.807, 2.05) is 18.2 Å². The lowest BCUT2D eigenvalue weighted by Gasteiger charge is -1.95. The van der Waals surface area contributed by atoms with Crippen molar-refractivity contribution < 1.29 is 4.79 Å².